The lowest BCUT2D eigenvalue weighted by atomic mass is 9.79. The van der Waals surface area contributed by atoms with Gasteiger partial charge < -0.3 is 0 Å². The van der Waals surface area contributed by atoms with Crippen LogP contribution in [0.1, 0.15) is 25.8 Å². The van der Waals surface area contributed by atoms with Crippen LogP contribution in [-0.4, -0.2) is 0 Å². The van der Waals surface area contributed by atoms with Gasteiger partial charge in [-0.05, 0) is 18.9 Å². The molecule has 0 bridgehead atoms. The number of allylic oxidation sites excluding steroid dienone is 3. The Morgan fingerprint density at radius 3 is 2.43 bits per heavy atom. The lowest BCUT2D eigenvalue weighted by molar-refractivity contribution is 0.606. The summed E-state index contributed by atoms with van der Waals surface area (Å²) in [7, 11) is 0. The van der Waals surface area contributed by atoms with Gasteiger partial charge in [0.25, 0.3) is 0 Å². The molecule has 1 aromatic rings. The van der Waals surface area contributed by atoms with E-state index in [1.165, 1.54) is 5.56 Å². The molecule has 0 aromatic heterocycles. The van der Waals surface area contributed by atoms with Crippen LogP contribution < -0.4 is 0 Å². The second kappa shape index (κ2) is 4.80. The van der Waals surface area contributed by atoms with Gasteiger partial charge in [-0.25, -0.2) is 0 Å². The van der Waals surface area contributed by atoms with Crippen molar-refractivity contribution in [3.05, 3.63) is 60.7 Å². The van der Waals surface area contributed by atoms with Gasteiger partial charge in [-0.2, -0.15) is 0 Å². The summed E-state index contributed by atoms with van der Waals surface area (Å²) in [5, 5.41) is 0. The van der Waals surface area contributed by atoms with Crippen LogP contribution in [0.2, 0.25) is 0 Å². The van der Waals surface area contributed by atoms with E-state index >= 15 is 0 Å². The normalized spacial score (nSPS) is 15.3. The van der Waals surface area contributed by atoms with Crippen molar-refractivity contribution < 1.29 is 0 Å². The molecule has 0 spiro atoms. The third-order valence-electron chi connectivity index (χ3n) is 2.66. The standard InChI is InChI=1S/C14H18/c1-4-6-12-14(3,5-2)13-10-8-7-9-11-13/h4-11H,2,12H2,1,3H3/b6-4+/t14-/m0/s1. The van der Waals surface area contributed by atoms with E-state index in [4.69, 9.17) is 0 Å². The zero-order chi connectivity index (χ0) is 10.4. The first kappa shape index (κ1) is 10.8. The molecule has 1 aromatic carbocycles. The van der Waals surface area contributed by atoms with Crippen molar-refractivity contribution in [2.45, 2.75) is 25.7 Å². The van der Waals surface area contributed by atoms with Crippen molar-refractivity contribution in [3.63, 3.8) is 0 Å². The fourth-order valence-electron chi connectivity index (χ4n) is 1.50. The van der Waals surface area contributed by atoms with Crippen LogP contribution in [0.5, 0.6) is 0 Å². The van der Waals surface area contributed by atoms with Crippen molar-refractivity contribution in [2.24, 2.45) is 0 Å². The minimum absolute atomic E-state index is 0.0633. The van der Waals surface area contributed by atoms with E-state index in [2.05, 4.69) is 56.8 Å². The number of rotatable bonds is 4. The molecule has 0 N–H and O–H groups in total. The predicted molar refractivity (Wildman–Crippen MR) is 63.4 cm³/mol. The zero-order valence-corrected chi connectivity index (χ0v) is 9.03. The summed E-state index contributed by atoms with van der Waals surface area (Å²) in [6.07, 6.45) is 7.32. The minimum Gasteiger partial charge on any atom is -0.102 e. The molecule has 0 unspecified atom stereocenters. The van der Waals surface area contributed by atoms with Crippen LogP contribution in [0.3, 0.4) is 0 Å². The van der Waals surface area contributed by atoms with Crippen LogP contribution in [0, 0.1) is 0 Å². The summed E-state index contributed by atoms with van der Waals surface area (Å²) < 4.78 is 0. The summed E-state index contributed by atoms with van der Waals surface area (Å²) in [5.41, 5.74) is 1.39. The molecular formula is C14H18. The van der Waals surface area contributed by atoms with Gasteiger partial charge in [0.2, 0.25) is 0 Å². The maximum Gasteiger partial charge on any atom is 0.0135 e. The van der Waals surface area contributed by atoms with Gasteiger partial charge in [0.15, 0.2) is 0 Å². The highest BCUT2D eigenvalue weighted by atomic mass is 14.2. The average molecular weight is 186 g/mol. The number of hydrogen-bond donors (Lipinski definition) is 0. The largest absolute Gasteiger partial charge is 0.102 e. The Morgan fingerprint density at radius 2 is 1.93 bits per heavy atom. The Balaban J connectivity index is 2.95. The Morgan fingerprint density at radius 1 is 1.29 bits per heavy atom. The molecule has 0 saturated carbocycles. The molecular weight excluding hydrogens is 168 g/mol. The van der Waals surface area contributed by atoms with Crippen LogP contribution in [0.15, 0.2) is 55.1 Å². The van der Waals surface area contributed by atoms with Gasteiger partial charge in [-0.3, -0.25) is 0 Å². The first-order chi connectivity index (χ1) is 6.73. The van der Waals surface area contributed by atoms with E-state index in [1.807, 2.05) is 12.1 Å². The van der Waals surface area contributed by atoms with Crippen molar-refractivity contribution >= 4 is 0 Å². The van der Waals surface area contributed by atoms with E-state index in [0.717, 1.165) is 6.42 Å². The van der Waals surface area contributed by atoms with Crippen LogP contribution in [-0.2, 0) is 5.41 Å². The lowest BCUT2D eigenvalue weighted by Crippen LogP contribution is -2.17. The summed E-state index contributed by atoms with van der Waals surface area (Å²) in [6.45, 7) is 8.20. The van der Waals surface area contributed by atoms with Crippen molar-refractivity contribution in [3.8, 4) is 0 Å². The first-order valence-electron chi connectivity index (χ1n) is 5.03. The smallest absolute Gasteiger partial charge is 0.0135 e. The van der Waals surface area contributed by atoms with Crippen molar-refractivity contribution in [1.82, 2.24) is 0 Å². The SMILES string of the molecule is C=C[C@@](C)(C/C=C/C)c1ccccc1. The van der Waals surface area contributed by atoms with Crippen LogP contribution in [0.4, 0.5) is 0 Å². The number of hydrogen-bond acceptors (Lipinski definition) is 0. The lowest BCUT2D eigenvalue weighted by Gasteiger charge is -2.24. The predicted octanol–water partition coefficient (Wildman–Crippen LogP) is 4.10. The minimum atomic E-state index is 0.0633. The molecule has 0 heteroatoms. The molecule has 0 nitrogen and oxygen atoms in total. The van der Waals surface area contributed by atoms with Gasteiger partial charge in [-0.1, -0.05) is 55.5 Å². The van der Waals surface area contributed by atoms with E-state index in [9.17, 15) is 0 Å². The Bertz CT molecular complexity index is 308. The Labute approximate surface area is 87.0 Å². The Hall–Kier alpha value is -1.30. The highest BCUT2D eigenvalue weighted by Gasteiger charge is 2.20. The van der Waals surface area contributed by atoms with Crippen LogP contribution in [0.25, 0.3) is 0 Å². The van der Waals surface area contributed by atoms with E-state index in [1.54, 1.807) is 0 Å². The van der Waals surface area contributed by atoms with E-state index in [-0.39, 0.29) is 5.41 Å². The molecule has 0 aliphatic heterocycles. The zero-order valence-electron chi connectivity index (χ0n) is 9.03. The molecule has 0 saturated heterocycles. The first-order valence-corrected chi connectivity index (χ1v) is 5.03. The Kier molecular flexibility index (Phi) is 3.70. The van der Waals surface area contributed by atoms with Crippen molar-refractivity contribution in [2.75, 3.05) is 0 Å². The average Bonchev–Trinajstić information content (AvgIpc) is 2.27. The molecule has 0 amide bonds. The fraction of sp³-hybridized carbons (Fsp3) is 0.286. The van der Waals surface area contributed by atoms with Gasteiger partial charge in [0.05, 0.1) is 0 Å². The van der Waals surface area contributed by atoms with Crippen LogP contribution >= 0.6 is 0 Å². The molecule has 1 rings (SSSR count). The summed E-state index contributed by atoms with van der Waals surface area (Å²) in [6, 6.07) is 10.5. The van der Waals surface area contributed by atoms with E-state index in [0.29, 0.717) is 0 Å². The van der Waals surface area contributed by atoms with Gasteiger partial charge in [-0.15, -0.1) is 6.58 Å². The summed E-state index contributed by atoms with van der Waals surface area (Å²) >= 11 is 0. The third-order valence-corrected chi connectivity index (χ3v) is 2.66. The monoisotopic (exact) mass is 186 g/mol. The summed E-state index contributed by atoms with van der Waals surface area (Å²) in [4.78, 5) is 0. The van der Waals surface area contributed by atoms with Gasteiger partial charge in [0, 0.05) is 5.41 Å². The molecule has 0 fully saturated rings. The molecule has 1 atom stereocenters. The maximum atomic E-state index is 3.93. The third kappa shape index (κ3) is 2.35. The quantitative estimate of drug-likeness (QED) is 0.621. The van der Waals surface area contributed by atoms with E-state index < -0.39 is 0 Å². The summed E-state index contributed by atoms with van der Waals surface area (Å²) in [5.74, 6) is 0. The van der Waals surface area contributed by atoms with Gasteiger partial charge in [0.1, 0.15) is 0 Å². The maximum absolute atomic E-state index is 3.93. The fourth-order valence-corrected chi connectivity index (χ4v) is 1.50. The highest BCUT2D eigenvalue weighted by molar-refractivity contribution is 5.30. The second-order valence-electron chi connectivity index (χ2n) is 3.76. The van der Waals surface area contributed by atoms with Crippen molar-refractivity contribution in [1.29, 1.82) is 0 Å². The second-order valence-corrected chi connectivity index (χ2v) is 3.76. The molecule has 0 aliphatic rings. The molecule has 14 heavy (non-hydrogen) atoms. The van der Waals surface area contributed by atoms with Gasteiger partial charge >= 0.3 is 0 Å². The topological polar surface area (TPSA) is 0 Å². The number of benzene rings is 1. The highest BCUT2D eigenvalue weighted by Crippen LogP contribution is 2.28. The molecule has 0 heterocycles. The molecule has 74 valence electrons. The molecule has 0 aliphatic carbocycles. The molecule has 0 radical (unpaired) electrons.